The largest absolute Gasteiger partial charge is 0.361 e. The number of nitrogens with zero attached hydrogens (tertiary/aromatic N) is 3. The average molecular weight is 294 g/mol. The van der Waals surface area contributed by atoms with Crippen LogP contribution in [0.4, 0.5) is 5.13 Å². The number of hydrogen-bond acceptors (Lipinski definition) is 6. The molecule has 20 heavy (non-hydrogen) atoms. The number of aryl methyl sites for hydroxylation is 2. The molecule has 0 bridgehead atoms. The highest BCUT2D eigenvalue weighted by atomic mass is 32.1. The first kappa shape index (κ1) is 15.0. The van der Waals surface area contributed by atoms with Crippen LogP contribution in [0.5, 0.6) is 0 Å². The van der Waals surface area contributed by atoms with Crippen molar-refractivity contribution in [1.29, 1.82) is 0 Å². The number of nitrogens with one attached hydrogen (secondary N) is 1. The van der Waals surface area contributed by atoms with E-state index < -0.39 is 0 Å². The van der Waals surface area contributed by atoms with Crippen LogP contribution in [0.3, 0.4) is 0 Å². The fourth-order valence-corrected chi connectivity index (χ4v) is 2.70. The maximum Gasteiger partial charge on any atom is 0.205 e. The summed E-state index contributed by atoms with van der Waals surface area (Å²) in [6.07, 6.45) is 1.73. The van der Waals surface area contributed by atoms with E-state index in [-0.39, 0.29) is 5.41 Å². The van der Waals surface area contributed by atoms with E-state index in [9.17, 15) is 0 Å². The Labute approximate surface area is 123 Å². The first-order valence-corrected chi connectivity index (χ1v) is 7.81. The van der Waals surface area contributed by atoms with Gasteiger partial charge in [0.05, 0.1) is 5.69 Å². The Bertz CT molecular complexity index is 546. The average Bonchev–Trinajstić information content (AvgIpc) is 3.01. The van der Waals surface area contributed by atoms with E-state index in [0.717, 1.165) is 40.0 Å². The monoisotopic (exact) mass is 294 g/mol. The second kappa shape index (κ2) is 5.91. The zero-order valence-electron chi connectivity index (χ0n) is 12.8. The minimum absolute atomic E-state index is 0.0396. The second-order valence-corrected chi connectivity index (χ2v) is 6.73. The van der Waals surface area contributed by atoms with Gasteiger partial charge in [0, 0.05) is 23.9 Å². The summed E-state index contributed by atoms with van der Waals surface area (Å²) in [6, 6.07) is 0. The third-order valence-corrected chi connectivity index (χ3v) is 4.40. The zero-order valence-corrected chi connectivity index (χ0v) is 13.6. The van der Waals surface area contributed by atoms with E-state index in [1.165, 1.54) is 0 Å². The van der Waals surface area contributed by atoms with Gasteiger partial charge in [-0.15, -0.1) is 10.2 Å². The van der Waals surface area contributed by atoms with Crippen LogP contribution in [0.15, 0.2) is 4.52 Å². The van der Waals surface area contributed by atoms with Crippen LogP contribution >= 0.6 is 11.3 Å². The number of anilines is 1. The maximum atomic E-state index is 5.36. The molecule has 0 aliphatic carbocycles. The summed E-state index contributed by atoms with van der Waals surface area (Å²) in [5.74, 6) is 0.954. The molecule has 0 spiro atoms. The lowest BCUT2D eigenvalue weighted by atomic mass is 9.98. The molecule has 5 nitrogen and oxygen atoms in total. The summed E-state index contributed by atoms with van der Waals surface area (Å²) >= 11 is 1.60. The Morgan fingerprint density at radius 1 is 1.15 bits per heavy atom. The molecule has 0 fully saturated rings. The van der Waals surface area contributed by atoms with E-state index in [1.54, 1.807) is 11.3 Å². The Balaban J connectivity index is 2.09. The van der Waals surface area contributed by atoms with Crippen molar-refractivity contribution < 1.29 is 4.52 Å². The number of hydrogen-bond donors (Lipinski definition) is 1. The van der Waals surface area contributed by atoms with Crippen LogP contribution < -0.4 is 5.32 Å². The van der Waals surface area contributed by atoms with E-state index in [0.29, 0.717) is 6.54 Å². The van der Waals surface area contributed by atoms with Crippen molar-refractivity contribution in [2.75, 3.05) is 5.32 Å². The third kappa shape index (κ3) is 3.17. The summed E-state index contributed by atoms with van der Waals surface area (Å²) in [4.78, 5) is 0. The van der Waals surface area contributed by atoms with Crippen LogP contribution in [0, 0.1) is 0 Å². The molecule has 6 heteroatoms. The van der Waals surface area contributed by atoms with Crippen LogP contribution in [0.25, 0.3) is 0 Å². The Morgan fingerprint density at radius 2 is 1.90 bits per heavy atom. The van der Waals surface area contributed by atoms with Crippen molar-refractivity contribution >= 4 is 16.5 Å². The van der Waals surface area contributed by atoms with Gasteiger partial charge in [0.15, 0.2) is 0 Å². The Kier molecular flexibility index (Phi) is 4.42. The van der Waals surface area contributed by atoms with Gasteiger partial charge in [-0.1, -0.05) is 51.1 Å². The highest BCUT2D eigenvalue weighted by Crippen LogP contribution is 2.28. The minimum atomic E-state index is 0.0396. The molecule has 2 heterocycles. The maximum absolute atomic E-state index is 5.36. The molecule has 2 aromatic rings. The van der Waals surface area contributed by atoms with Crippen molar-refractivity contribution in [3.8, 4) is 0 Å². The predicted molar refractivity (Wildman–Crippen MR) is 81.2 cm³/mol. The van der Waals surface area contributed by atoms with Crippen LogP contribution in [0.1, 0.15) is 56.6 Å². The van der Waals surface area contributed by atoms with Crippen molar-refractivity contribution in [1.82, 2.24) is 15.4 Å². The molecule has 0 unspecified atom stereocenters. The van der Waals surface area contributed by atoms with E-state index in [4.69, 9.17) is 4.52 Å². The molecule has 0 atom stereocenters. The van der Waals surface area contributed by atoms with Gasteiger partial charge in [-0.2, -0.15) is 0 Å². The van der Waals surface area contributed by atoms with Gasteiger partial charge in [-0.05, 0) is 6.42 Å². The third-order valence-electron chi connectivity index (χ3n) is 3.09. The molecular formula is C14H22N4OS. The zero-order chi connectivity index (χ0) is 14.8. The highest BCUT2D eigenvalue weighted by molar-refractivity contribution is 7.15. The quantitative estimate of drug-likeness (QED) is 0.913. The fraction of sp³-hybridized carbons (Fsp3) is 0.643. The van der Waals surface area contributed by atoms with Crippen molar-refractivity contribution in [3.05, 3.63) is 22.0 Å². The lowest BCUT2D eigenvalue weighted by Crippen LogP contribution is -2.10. The van der Waals surface area contributed by atoms with Crippen molar-refractivity contribution in [2.45, 2.75) is 59.4 Å². The van der Waals surface area contributed by atoms with Gasteiger partial charge >= 0.3 is 0 Å². The molecule has 0 aliphatic rings. The van der Waals surface area contributed by atoms with Crippen LogP contribution in [-0.4, -0.2) is 15.4 Å². The summed E-state index contributed by atoms with van der Waals surface area (Å²) in [7, 11) is 0. The van der Waals surface area contributed by atoms with Gasteiger partial charge in [0.25, 0.3) is 0 Å². The van der Waals surface area contributed by atoms with Crippen molar-refractivity contribution in [3.63, 3.8) is 0 Å². The van der Waals surface area contributed by atoms with Gasteiger partial charge in [0.2, 0.25) is 5.13 Å². The smallest absolute Gasteiger partial charge is 0.205 e. The Morgan fingerprint density at radius 3 is 2.45 bits per heavy atom. The Hall–Kier alpha value is -1.43. The van der Waals surface area contributed by atoms with Crippen LogP contribution in [0.2, 0.25) is 0 Å². The topological polar surface area (TPSA) is 63.8 Å². The van der Waals surface area contributed by atoms with Gasteiger partial charge in [-0.3, -0.25) is 0 Å². The summed E-state index contributed by atoms with van der Waals surface area (Å²) in [5.41, 5.74) is 2.22. The minimum Gasteiger partial charge on any atom is -0.361 e. The lowest BCUT2D eigenvalue weighted by molar-refractivity contribution is 0.380. The SMILES string of the molecule is CCc1noc(CC)c1CNc1nnc(C(C)(C)C)s1. The molecule has 0 aromatic carbocycles. The van der Waals surface area contributed by atoms with Gasteiger partial charge in [-0.25, -0.2) is 0 Å². The molecule has 0 amide bonds. The molecule has 0 saturated carbocycles. The number of rotatable bonds is 5. The van der Waals surface area contributed by atoms with Crippen LogP contribution in [-0.2, 0) is 24.8 Å². The highest BCUT2D eigenvalue weighted by Gasteiger charge is 2.20. The summed E-state index contributed by atoms with van der Waals surface area (Å²) in [6.45, 7) is 11.3. The molecule has 2 aromatic heterocycles. The standard InChI is InChI=1S/C14H22N4OS/c1-6-10-9(11(7-2)19-18-10)8-15-13-17-16-12(20-13)14(3,4)5/h6-8H2,1-5H3,(H,15,17). The predicted octanol–water partition coefficient (Wildman–Crippen LogP) is 3.56. The summed E-state index contributed by atoms with van der Waals surface area (Å²) in [5, 5.41) is 17.8. The van der Waals surface area contributed by atoms with E-state index in [1.807, 2.05) is 0 Å². The number of aromatic nitrogens is 3. The molecule has 1 N–H and O–H groups in total. The molecular weight excluding hydrogens is 272 g/mol. The summed E-state index contributed by atoms with van der Waals surface area (Å²) < 4.78 is 5.36. The van der Waals surface area contributed by atoms with E-state index >= 15 is 0 Å². The normalized spacial score (nSPS) is 11.8. The molecule has 2 rings (SSSR count). The first-order valence-electron chi connectivity index (χ1n) is 6.99. The fourth-order valence-electron chi connectivity index (χ4n) is 1.90. The van der Waals surface area contributed by atoms with Gasteiger partial charge in [0.1, 0.15) is 10.8 Å². The molecule has 0 radical (unpaired) electrons. The van der Waals surface area contributed by atoms with Crippen molar-refractivity contribution in [2.24, 2.45) is 0 Å². The first-order chi connectivity index (χ1) is 9.45. The van der Waals surface area contributed by atoms with E-state index in [2.05, 4.69) is 55.3 Å². The molecule has 0 saturated heterocycles. The molecule has 110 valence electrons. The van der Waals surface area contributed by atoms with Gasteiger partial charge < -0.3 is 9.84 Å². The molecule has 0 aliphatic heterocycles. The lowest BCUT2D eigenvalue weighted by Gasteiger charge is -2.12. The second-order valence-electron chi connectivity index (χ2n) is 5.75.